The van der Waals surface area contributed by atoms with Crippen LogP contribution in [0.1, 0.15) is 43.2 Å². The molecule has 1 saturated heterocycles. The molecule has 0 aromatic heterocycles. The van der Waals surface area contributed by atoms with Gasteiger partial charge in [0.15, 0.2) is 0 Å². The Kier molecular flexibility index (Phi) is 8.00. The minimum Gasteiger partial charge on any atom is -0.497 e. The molecule has 0 radical (unpaired) electrons. The molecule has 0 bridgehead atoms. The van der Waals surface area contributed by atoms with Crippen molar-refractivity contribution in [2.45, 2.75) is 49.8 Å². The summed E-state index contributed by atoms with van der Waals surface area (Å²) >= 11 is 6.18. The normalized spacial score (nSPS) is 20.9. The van der Waals surface area contributed by atoms with Crippen LogP contribution in [0.25, 0.3) is 0 Å². The average molecular weight is 491 g/mol. The van der Waals surface area contributed by atoms with E-state index in [2.05, 4.69) is 18.2 Å². The van der Waals surface area contributed by atoms with Gasteiger partial charge in [-0.15, -0.1) is 0 Å². The van der Waals surface area contributed by atoms with Crippen molar-refractivity contribution >= 4 is 21.6 Å². The molecule has 5 nitrogen and oxygen atoms in total. The molecule has 1 heterocycles. The molecular weight excluding hydrogens is 456 g/mol. The van der Waals surface area contributed by atoms with E-state index in [1.165, 1.54) is 17.5 Å². The summed E-state index contributed by atoms with van der Waals surface area (Å²) in [5, 5.41) is 0.289. The maximum Gasteiger partial charge on any atom is 0.244 e. The van der Waals surface area contributed by atoms with Gasteiger partial charge in [-0.3, -0.25) is 0 Å². The van der Waals surface area contributed by atoms with E-state index in [4.69, 9.17) is 22.1 Å². The van der Waals surface area contributed by atoms with Crippen molar-refractivity contribution in [2.75, 3.05) is 26.7 Å². The van der Waals surface area contributed by atoms with Crippen molar-refractivity contribution < 1.29 is 13.2 Å². The van der Waals surface area contributed by atoms with Crippen LogP contribution >= 0.6 is 11.6 Å². The molecule has 33 heavy (non-hydrogen) atoms. The van der Waals surface area contributed by atoms with Crippen LogP contribution in [-0.2, 0) is 22.9 Å². The number of sulfonamides is 1. The van der Waals surface area contributed by atoms with E-state index in [1.807, 2.05) is 0 Å². The van der Waals surface area contributed by atoms with E-state index in [1.54, 1.807) is 35.7 Å². The number of benzene rings is 2. The smallest absolute Gasteiger partial charge is 0.244 e. The highest BCUT2D eigenvalue weighted by Crippen LogP contribution is 2.38. The van der Waals surface area contributed by atoms with Gasteiger partial charge in [0.1, 0.15) is 10.6 Å². The fourth-order valence-electron chi connectivity index (χ4n) is 5.66. The van der Waals surface area contributed by atoms with E-state index < -0.39 is 10.0 Å². The molecule has 1 aliphatic heterocycles. The van der Waals surface area contributed by atoms with Crippen molar-refractivity contribution in [3.05, 3.63) is 58.6 Å². The molecule has 0 saturated carbocycles. The topological polar surface area (TPSA) is 72.6 Å². The Morgan fingerprint density at radius 1 is 1.12 bits per heavy atom. The lowest BCUT2D eigenvalue weighted by Crippen LogP contribution is -2.39. The first-order valence-corrected chi connectivity index (χ1v) is 13.8. The fourth-order valence-corrected chi connectivity index (χ4v) is 7.62. The second-order valence-electron chi connectivity index (χ2n) is 9.49. The molecule has 1 aliphatic carbocycles. The van der Waals surface area contributed by atoms with Crippen LogP contribution in [0.2, 0.25) is 5.02 Å². The third-order valence-electron chi connectivity index (χ3n) is 7.55. The Hall–Kier alpha value is -1.60. The molecule has 2 unspecified atom stereocenters. The molecule has 0 spiro atoms. The van der Waals surface area contributed by atoms with Crippen LogP contribution in [-0.4, -0.2) is 39.5 Å². The van der Waals surface area contributed by atoms with Crippen LogP contribution in [0, 0.1) is 17.8 Å². The predicted molar refractivity (Wildman–Crippen MR) is 133 cm³/mol. The summed E-state index contributed by atoms with van der Waals surface area (Å²) in [5.41, 5.74) is 8.87. The summed E-state index contributed by atoms with van der Waals surface area (Å²) < 4.78 is 33.2. The quantitative estimate of drug-likeness (QED) is 0.570. The standard InChI is InChI=1S/C26H35ClN2O3S/c1-32-24-9-8-20-6-7-21(17-23(20)18-24)22(10-13-28)16-19-11-14-29(15-12-19)33(30,31)26-5-3-2-4-25(26)27/h2-5,8-9,18-19,21-22H,6-7,10-17,28H2,1H3. The number of hydrogen-bond donors (Lipinski definition) is 1. The third-order valence-corrected chi connectivity index (χ3v) is 9.95. The van der Waals surface area contributed by atoms with Gasteiger partial charge >= 0.3 is 0 Å². The molecule has 2 N–H and O–H groups in total. The second kappa shape index (κ2) is 10.8. The maximum atomic E-state index is 13.1. The lowest BCUT2D eigenvalue weighted by atomic mass is 9.72. The number of nitrogens with two attached hydrogens (primary N) is 1. The summed E-state index contributed by atoms with van der Waals surface area (Å²) in [6, 6.07) is 13.2. The number of methoxy groups -OCH3 is 1. The van der Waals surface area contributed by atoms with Crippen LogP contribution in [0.3, 0.4) is 0 Å². The van der Waals surface area contributed by atoms with Crippen molar-refractivity contribution in [3.63, 3.8) is 0 Å². The molecule has 2 aromatic rings. The van der Waals surface area contributed by atoms with Gasteiger partial charge in [0.25, 0.3) is 0 Å². The van der Waals surface area contributed by atoms with Crippen LogP contribution in [0.4, 0.5) is 0 Å². The maximum absolute atomic E-state index is 13.1. The average Bonchev–Trinajstić information content (AvgIpc) is 2.83. The molecule has 4 rings (SSSR count). The number of ether oxygens (including phenoxy) is 1. The molecule has 2 aliphatic rings. The van der Waals surface area contributed by atoms with Gasteiger partial charge in [0.2, 0.25) is 10.0 Å². The lowest BCUT2D eigenvalue weighted by molar-refractivity contribution is 0.187. The van der Waals surface area contributed by atoms with Crippen molar-refractivity contribution in [1.29, 1.82) is 0 Å². The van der Waals surface area contributed by atoms with Crippen molar-refractivity contribution in [1.82, 2.24) is 4.31 Å². The number of aryl methyl sites for hydroxylation is 1. The summed E-state index contributed by atoms with van der Waals surface area (Å²) in [6.45, 7) is 1.81. The minimum absolute atomic E-state index is 0.211. The first kappa shape index (κ1) is 24.5. The SMILES string of the molecule is COc1ccc2c(c1)CC(C(CCN)CC1CCN(S(=O)(=O)c3ccccc3Cl)CC1)CC2. The zero-order valence-electron chi connectivity index (χ0n) is 19.4. The Balaban J connectivity index is 1.38. The number of rotatable bonds is 8. The van der Waals surface area contributed by atoms with Gasteiger partial charge in [-0.1, -0.05) is 29.8 Å². The molecule has 2 atom stereocenters. The molecule has 2 aromatic carbocycles. The van der Waals surface area contributed by atoms with Gasteiger partial charge in [-0.2, -0.15) is 4.31 Å². The molecule has 7 heteroatoms. The van der Waals surface area contributed by atoms with Crippen LogP contribution in [0.15, 0.2) is 47.4 Å². The Labute approximate surface area is 203 Å². The van der Waals surface area contributed by atoms with E-state index in [0.717, 1.165) is 44.3 Å². The van der Waals surface area contributed by atoms with E-state index in [0.29, 0.717) is 37.4 Å². The van der Waals surface area contributed by atoms with Gasteiger partial charge in [-0.25, -0.2) is 8.42 Å². The van der Waals surface area contributed by atoms with Gasteiger partial charge in [-0.05, 0) is 105 Å². The Bertz CT molecular complexity index is 1050. The minimum atomic E-state index is -3.55. The fraction of sp³-hybridized carbons (Fsp3) is 0.538. The van der Waals surface area contributed by atoms with Gasteiger partial charge < -0.3 is 10.5 Å². The summed E-state index contributed by atoms with van der Waals surface area (Å²) in [7, 11) is -1.83. The zero-order valence-corrected chi connectivity index (χ0v) is 21.0. The monoisotopic (exact) mass is 490 g/mol. The third kappa shape index (κ3) is 5.56. The van der Waals surface area contributed by atoms with Crippen LogP contribution in [0.5, 0.6) is 5.75 Å². The van der Waals surface area contributed by atoms with Crippen molar-refractivity contribution in [3.8, 4) is 5.75 Å². The first-order chi connectivity index (χ1) is 15.9. The van der Waals surface area contributed by atoms with Gasteiger partial charge in [0.05, 0.1) is 12.1 Å². The molecule has 0 amide bonds. The number of piperidine rings is 1. The van der Waals surface area contributed by atoms with Crippen molar-refractivity contribution in [2.24, 2.45) is 23.5 Å². The second-order valence-corrected chi connectivity index (χ2v) is 11.8. The molecule has 1 fully saturated rings. The van der Waals surface area contributed by atoms with E-state index >= 15 is 0 Å². The Morgan fingerprint density at radius 2 is 1.88 bits per heavy atom. The van der Waals surface area contributed by atoms with E-state index in [-0.39, 0.29) is 9.92 Å². The summed E-state index contributed by atoms with van der Waals surface area (Å²) in [6.07, 6.45) is 7.33. The summed E-state index contributed by atoms with van der Waals surface area (Å²) in [4.78, 5) is 0.211. The first-order valence-electron chi connectivity index (χ1n) is 12.0. The number of fused-ring (bicyclic) bond motifs is 1. The van der Waals surface area contributed by atoms with E-state index in [9.17, 15) is 8.42 Å². The summed E-state index contributed by atoms with van der Waals surface area (Å²) in [5.74, 6) is 2.66. The number of halogens is 1. The van der Waals surface area contributed by atoms with Crippen LogP contribution < -0.4 is 10.5 Å². The largest absolute Gasteiger partial charge is 0.497 e. The molecule has 180 valence electrons. The predicted octanol–water partition coefficient (Wildman–Crippen LogP) is 4.91. The number of nitrogens with zero attached hydrogens (tertiary/aromatic N) is 1. The zero-order chi connectivity index (χ0) is 23.4. The highest BCUT2D eigenvalue weighted by Gasteiger charge is 2.33. The Morgan fingerprint density at radius 3 is 2.58 bits per heavy atom. The van der Waals surface area contributed by atoms with Gasteiger partial charge in [0, 0.05) is 13.1 Å². The highest BCUT2D eigenvalue weighted by molar-refractivity contribution is 7.89. The lowest BCUT2D eigenvalue weighted by Gasteiger charge is -2.37. The highest BCUT2D eigenvalue weighted by atomic mass is 35.5. The number of hydrogen-bond acceptors (Lipinski definition) is 4. The molecular formula is C26H35ClN2O3S.